The van der Waals surface area contributed by atoms with Crippen LogP contribution in [0.15, 0.2) is 24.3 Å². The summed E-state index contributed by atoms with van der Waals surface area (Å²) in [7, 11) is -3.05. The fraction of sp³-hybridized carbons (Fsp3) is 0.524. The summed E-state index contributed by atoms with van der Waals surface area (Å²) in [5, 5.41) is 7.64. The second kappa shape index (κ2) is 7.82. The maximum atomic E-state index is 13.2. The zero-order valence-corrected chi connectivity index (χ0v) is 17.8. The first-order valence-corrected chi connectivity index (χ1v) is 12.2. The summed E-state index contributed by atoms with van der Waals surface area (Å²) < 4.78 is 25.6. The van der Waals surface area contributed by atoms with Gasteiger partial charge in [0.05, 0.1) is 23.2 Å². The monoisotopic (exact) mass is 416 g/mol. The molecule has 156 valence electrons. The maximum Gasteiger partial charge on any atom is 0.274 e. The number of benzene rings is 1. The first-order chi connectivity index (χ1) is 13.9. The summed E-state index contributed by atoms with van der Waals surface area (Å²) in [6, 6.07) is 7.58. The van der Waals surface area contributed by atoms with E-state index >= 15 is 0 Å². The number of sulfone groups is 1. The van der Waals surface area contributed by atoms with E-state index in [4.69, 9.17) is 0 Å². The van der Waals surface area contributed by atoms with Gasteiger partial charge in [-0.1, -0.05) is 0 Å². The third kappa shape index (κ3) is 3.90. The molecule has 8 heteroatoms. The number of amides is 1. The van der Waals surface area contributed by atoms with E-state index in [1.807, 2.05) is 24.3 Å². The van der Waals surface area contributed by atoms with Crippen LogP contribution < -0.4 is 10.2 Å². The zero-order chi connectivity index (χ0) is 20.6. The fourth-order valence-electron chi connectivity index (χ4n) is 4.42. The molecule has 29 heavy (non-hydrogen) atoms. The average molecular weight is 417 g/mol. The van der Waals surface area contributed by atoms with E-state index in [2.05, 4.69) is 29.2 Å². The Kier molecular flexibility index (Phi) is 5.38. The number of fused-ring (bicyclic) bond motifs is 1. The van der Waals surface area contributed by atoms with Crippen LogP contribution in [0.25, 0.3) is 0 Å². The molecule has 0 saturated carbocycles. The maximum absolute atomic E-state index is 13.2. The van der Waals surface area contributed by atoms with Gasteiger partial charge in [-0.25, -0.2) is 8.42 Å². The van der Waals surface area contributed by atoms with Gasteiger partial charge in [-0.15, -0.1) is 0 Å². The molecule has 4 rings (SSSR count). The number of nitrogens with zero attached hydrogens (tertiary/aromatic N) is 3. The Morgan fingerprint density at radius 3 is 2.55 bits per heavy atom. The van der Waals surface area contributed by atoms with Crippen molar-refractivity contribution in [3.63, 3.8) is 0 Å². The smallest absolute Gasteiger partial charge is 0.274 e. The molecular formula is C21H28N4O3S. The molecule has 1 aliphatic heterocycles. The molecule has 1 N–H and O–H groups in total. The summed E-state index contributed by atoms with van der Waals surface area (Å²) in [6.45, 7) is 6.09. The van der Waals surface area contributed by atoms with Gasteiger partial charge in [-0.2, -0.15) is 5.10 Å². The molecule has 0 unspecified atom stereocenters. The van der Waals surface area contributed by atoms with Crippen LogP contribution >= 0.6 is 0 Å². The molecule has 1 saturated heterocycles. The molecule has 1 aliphatic carbocycles. The molecule has 1 aromatic carbocycles. The van der Waals surface area contributed by atoms with Crippen molar-refractivity contribution >= 4 is 27.1 Å². The van der Waals surface area contributed by atoms with Crippen LogP contribution in [-0.4, -0.2) is 48.7 Å². The lowest BCUT2D eigenvalue weighted by molar-refractivity contribution is 0.101. The number of hydrogen-bond acceptors (Lipinski definition) is 5. The van der Waals surface area contributed by atoms with Crippen LogP contribution in [0.3, 0.4) is 0 Å². The number of hydrogen-bond donors (Lipinski definition) is 1. The Hall–Kier alpha value is -2.35. The molecule has 2 heterocycles. The van der Waals surface area contributed by atoms with Crippen molar-refractivity contribution in [2.45, 2.75) is 45.6 Å². The lowest BCUT2D eigenvalue weighted by Gasteiger charge is -2.21. The number of aromatic nitrogens is 2. The second-order valence-corrected chi connectivity index (χ2v) is 10.0. The first-order valence-electron chi connectivity index (χ1n) is 10.4. The van der Waals surface area contributed by atoms with E-state index < -0.39 is 9.84 Å². The Morgan fingerprint density at radius 2 is 1.93 bits per heavy atom. The summed E-state index contributed by atoms with van der Waals surface area (Å²) in [5.41, 5.74) is 4.30. The Labute approximate surface area is 172 Å². The molecule has 1 atom stereocenters. The predicted octanol–water partition coefficient (Wildman–Crippen LogP) is 2.83. The number of carbonyl (C=O) groups excluding carboxylic acids is 1. The van der Waals surface area contributed by atoms with Crippen molar-refractivity contribution in [2.24, 2.45) is 0 Å². The molecule has 1 aromatic heterocycles. The van der Waals surface area contributed by atoms with E-state index in [0.717, 1.165) is 55.0 Å². The predicted molar refractivity (Wildman–Crippen MR) is 115 cm³/mol. The summed E-state index contributed by atoms with van der Waals surface area (Å²) in [6.07, 6.45) is 3.17. The SMILES string of the molecule is CCN(CC)c1ccc(NC(=O)c2c3c(nn2[C@H]2CCS(=O)(=O)C2)CCC3)cc1. The largest absolute Gasteiger partial charge is 0.372 e. The highest BCUT2D eigenvalue weighted by atomic mass is 32.2. The summed E-state index contributed by atoms with van der Waals surface area (Å²) >= 11 is 0. The highest BCUT2D eigenvalue weighted by Crippen LogP contribution is 2.32. The topological polar surface area (TPSA) is 84.3 Å². The van der Waals surface area contributed by atoms with Gasteiger partial charge in [0.2, 0.25) is 0 Å². The lowest BCUT2D eigenvalue weighted by Crippen LogP contribution is -2.23. The minimum Gasteiger partial charge on any atom is -0.372 e. The van der Waals surface area contributed by atoms with Crippen LogP contribution in [0.1, 0.15) is 54.5 Å². The quantitative estimate of drug-likeness (QED) is 0.783. The Bertz CT molecular complexity index is 1010. The van der Waals surface area contributed by atoms with Crippen molar-refractivity contribution in [1.82, 2.24) is 9.78 Å². The van der Waals surface area contributed by atoms with Crippen LogP contribution in [-0.2, 0) is 22.7 Å². The van der Waals surface area contributed by atoms with Gasteiger partial charge in [-0.05, 0) is 63.8 Å². The van der Waals surface area contributed by atoms with Crippen LogP contribution in [0.5, 0.6) is 0 Å². The standard InChI is InChI=1S/C21H28N4O3S/c1-3-24(4-2)16-10-8-15(9-11-16)22-21(26)20-18-6-5-7-19(18)23-25(20)17-12-13-29(27,28)14-17/h8-11,17H,3-7,12-14H2,1-2H3,(H,22,26)/t17-/m0/s1. The third-order valence-electron chi connectivity index (χ3n) is 5.96. The molecule has 1 fully saturated rings. The van der Waals surface area contributed by atoms with Crippen molar-refractivity contribution < 1.29 is 13.2 Å². The number of nitrogens with one attached hydrogen (secondary N) is 1. The third-order valence-corrected chi connectivity index (χ3v) is 7.71. The minimum absolute atomic E-state index is 0.0619. The molecule has 0 bridgehead atoms. The number of aryl methyl sites for hydroxylation is 1. The van der Waals surface area contributed by atoms with Gasteiger partial charge in [0.15, 0.2) is 9.84 Å². The van der Waals surface area contributed by atoms with Gasteiger partial charge in [-0.3, -0.25) is 9.48 Å². The zero-order valence-electron chi connectivity index (χ0n) is 17.0. The van der Waals surface area contributed by atoms with Crippen LogP contribution in [0, 0.1) is 0 Å². The molecule has 2 aliphatic rings. The average Bonchev–Trinajstić information content (AvgIpc) is 3.37. The minimum atomic E-state index is -3.05. The summed E-state index contributed by atoms with van der Waals surface area (Å²) in [5.74, 6) is 0.0168. The lowest BCUT2D eigenvalue weighted by atomic mass is 10.1. The van der Waals surface area contributed by atoms with Gasteiger partial charge < -0.3 is 10.2 Å². The van der Waals surface area contributed by atoms with E-state index in [-0.39, 0.29) is 23.5 Å². The number of rotatable bonds is 6. The summed E-state index contributed by atoms with van der Waals surface area (Å²) in [4.78, 5) is 15.4. The van der Waals surface area contributed by atoms with Crippen molar-refractivity contribution in [1.29, 1.82) is 0 Å². The van der Waals surface area contributed by atoms with Crippen LogP contribution in [0.2, 0.25) is 0 Å². The molecule has 2 aromatic rings. The molecule has 1 amide bonds. The highest BCUT2D eigenvalue weighted by molar-refractivity contribution is 7.91. The fourth-order valence-corrected chi connectivity index (χ4v) is 6.11. The number of carbonyl (C=O) groups is 1. The Morgan fingerprint density at radius 1 is 1.21 bits per heavy atom. The highest BCUT2D eigenvalue weighted by Gasteiger charge is 2.35. The van der Waals surface area contributed by atoms with Gasteiger partial charge >= 0.3 is 0 Å². The Balaban J connectivity index is 1.59. The van der Waals surface area contributed by atoms with E-state index in [0.29, 0.717) is 12.1 Å². The van der Waals surface area contributed by atoms with E-state index in [9.17, 15) is 13.2 Å². The van der Waals surface area contributed by atoms with Crippen molar-refractivity contribution in [3.8, 4) is 0 Å². The van der Waals surface area contributed by atoms with Gasteiger partial charge in [0.1, 0.15) is 5.69 Å². The first kappa shape index (κ1) is 19.9. The molecule has 0 radical (unpaired) electrons. The van der Waals surface area contributed by atoms with Crippen LogP contribution in [0.4, 0.5) is 11.4 Å². The molecule has 0 spiro atoms. The van der Waals surface area contributed by atoms with Crippen molar-refractivity contribution in [3.05, 3.63) is 41.2 Å². The normalized spacial score (nSPS) is 19.9. The molecular weight excluding hydrogens is 388 g/mol. The number of anilines is 2. The van der Waals surface area contributed by atoms with Gasteiger partial charge in [0.25, 0.3) is 5.91 Å². The van der Waals surface area contributed by atoms with E-state index in [1.165, 1.54) is 0 Å². The molecule has 7 nitrogen and oxygen atoms in total. The second-order valence-electron chi connectivity index (χ2n) is 7.80. The van der Waals surface area contributed by atoms with Gasteiger partial charge in [0, 0.05) is 30.0 Å². The van der Waals surface area contributed by atoms with Crippen molar-refractivity contribution in [2.75, 3.05) is 34.8 Å². The van der Waals surface area contributed by atoms with E-state index in [1.54, 1.807) is 4.68 Å².